The SMILES string of the molecule is CCN(C(=O)CN(C(C)=O)c1ccccc1Oc1ccccc1)c1ccccc1. The van der Waals surface area contributed by atoms with Gasteiger partial charge < -0.3 is 9.64 Å². The van der Waals surface area contributed by atoms with Crippen LogP contribution < -0.4 is 14.5 Å². The van der Waals surface area contributed by atoms with E-state index in [2.05, 4.69) is 0 Å². The average molecular weight is 388 g/mol. The van der Waals surface area contributed by atoms with E-state index in [4.69, 9.17) is 4.74 Å². The highest BCUT2D eigenvalue weighted by molar-refractivity contribution is 6.03. The van der Waals surface area contributed by atoms with Crippen LogP contribution in [0, 0.1) is 0 Å². The maximum atomic E-state index is 13.0. The van der Waals surface area contributed by atoms with Crippen LogP contribution in [0.15, 0.2) is 84.9 Å². The molecule has 0 spiro atoms. The Balaban J connectivity index is 1.87. The van der Waals surface area contributed by atoms with Crippen LogP contribution in [0.3, 0.4) is 0 Å². The van der Waals surface area contributed by atoms with Crippen molar-refractivity contribution in [1.82, 2.24) is 0 Å². The first-order chi connectivity index (χ1) is 14.1. The number of nitrogens with zero attached hydrogens (tertiary/aromatic N) is 2. The van der Waals surface area contributed by atoms with Crippen molar-refractivity contribution in [2.45, 2.75) is 13.8 Å². The van der Waals surface area contributed by atoms with Crippen LogP contribution in [0.4, 0.5) is 11.4 Å². The first kappa shape index (κ1) is 20.1. The number of carbonyl (C=O) groups is 2. The highest BCUT2D eigenvalue weighted by Crippen LogP contribution is 2.32. The van der Waals surface area contributed by atoms with Crippen LogP contribution in [0.2, 0.25) is 0 Å². The summed E-state index contributed by atoms with van der Waals surface area (Å²) in [6.07, 6.45) is 0. The second-order valence-corrected chi connectivity index (χ2v) is 6.46. The van der Waals surface area contributed by atoms with Crippen LogP contribution in [0.5, 0.6) is 11.5 Å². The van der Waals surface area contributed by atoms with E-state index in [9.17, 15) is 9.59 Å². The Bertz CT molecular complexity index is 958. The maximum absolute atomic E-state index is 13.0. The predicted molar refractivity (Wildman–Crippen MR) is 115 cm³/mol. The van der Waals surface area contributed by atoms with Crippen LogP contribution >= 0.6 is 0 Å². The van der Waals surface area contributed by atoms with E-state index in [0.29, 0.717) is 23.7 Å². The van der Waals surface area contributed by atoms with Gasteiger partial charge in [0.2, 0.25) is 11.8 Å². The van der Waals surface area contributed by atoms with Crippen molar-refractivity contribution in [2.24, 2.45) is 0 Å². The number of hydrogen-bond donors (Lipinski definition) is 0. The van der Waals surface area contributed by atoms with Gasteiger partial charge in [0, 0.05) is 19.2 Å². The normalized spacial score (nSPS) is 10.3. The molecule has 29 heavy (non-hydrogen) atoms. The van der Waals surface area contributed by atoms with Gasteiger partial charge in [0.05, 0.1) is 5.69 Å². The summed E-state index contributed by atoms with van der Waals surface area (Å²) in [5.41, 5.74) is 1.36. The molecule has 3 aromatic rings. The molecule has 148 valence electrons. The Labute approximate surface area is 171 Å². The molecule has 2 amide bonds. The maximum Gasteiger partial charge on any atom is 0.247 e. The lowest BCUT2D eigenvalue weighted by Gasteiger charge is -2.27. The third-order valence-corrected chi connectivity index (χ3v) is 4.49. The lowest BCUT2D eigenvalue weighted by Crippen LogP contribution is -2.42. The fraction of sp³-hybridized carbons (Fsp3) is 0.167. The van der Waals surface area contributed by atoms with Gasteiger partial charge in [-0.05, 0) is 43.3 Å². The summed E-state index contributed by atoms with van der Waals surface area (Å²) >= 11 is 0. The Morgan fingerprint density at radius 2 is 1.38 bits per heavy atom. The molecule has 0 heterocycles. The van der Waals surface area contributed by atoms with Gasteiger partial charge in [0.15, 0.2) is 5.75 Å². The third-order valence-electron chi connectivity index (χ3n) is 4.49. The lowest BCUT2D eigenvalue weighted by molar-refractivity contribution is -0.121. The van der Waals surface area contributed by atoms with Crippen molar-refractivity contribution in [3.63, 3.8) is 0 Å². The first-order valence-corrected chi connectivity index (χ1v) is 9.55. The molecule has 0 aliphatic heterocycles. The zero-order valence-electron chi connectivity index (χ0n) is 16.6. The number of benzene rings is 3. The van der Waals surface area contributed by atoms with Crippen LogP contribution in [0.25, 0.3) is 0 Å². The predicted octanol–water partition coefficient (Wildman–Crippen LogP) is 4.88. The summed E-state index contributed by atoms with van der Waals surface area (Å²) in [6.45, 7) is 3.80. The second-order valence-electron chi connectivity index (χ2n) is 6.46. The Morgan fingerprint density at radius 3 is 2.00 bits per heavy atom. The molecular formula is C24H24N2O3. The smallest absolute Gasteiger partial charge is 0.247 e. The van der Waals surface area contributed by atoms with Gasteiger partial charge in [-0.25, -0.2) is 0 Å². The lowest BCUT2D eigenvalue weighted by atomic mass is 10.2. The molecule has 5 nitrogen and oxygen atoms in total. The number of likely N-dealkylation sites (N-methyl/N-ethyl adjacent to an activating group) is 1. The highest BCUT2D eigenvalue weighted by atomic mass is 16.5. The molecule has 0 atom stereocenters. The van der Waals surface area contributed by atoms with E-state index in [1.54, 1.807) is 17.0 Å². The first-order valence-electron chi connectivity index (χ1n) is 9.55. The highest BCUT2D eigenvalue weighted by Gasteiger charge is 2.23. The Hall–Kier alpha value is -3.60. The van der Waals surface area contributed by atoms with Gasteiger partial charge in [-0.1, -0.05) is 48.5 Å². The van der Waals surface area contributed by atoms with E-state index in [-0.39, 0.29) is 18.4 Å². The van der Waals surface area contributed by atoms with Gasteiger partial charge in [-0.2, -0.15) is 0 Å². The second kappa shape index (κ2) is 9.55. The minimum Gasteiger partial charge on any atom is -0.455 e. The minimum atomic E-state index is -0.230. The fourth-order valence-electron chi connectivity index (χ4n) is 3.08. The largest absolute Gasteiger partial charge is 0.455 e. The molecule has 0 saturated heterocycles. The standard InChI is InChI=1S/C24H24N2O3/c1-3-25(20-12-6-4-7-13-20)24(28)18-26(19(2)27)22-16-10-11-17-23(22)29-21-14-8-5-9-15-21/h4-17H,3,18H2,1-2H3. The number of para-hydroxylation sites is 4. The van der Waals surface area contributed by atoms with Crippen molar-refractivity contribution in [3.05, 3.63) is 84.9 Å². The van der Waals surface area contributed by atoms with Gasteiger partial charge in [-0.15, -0.1) is 0 Å². The molecule has 3 rings (SSSR count). The number of anilines is 2. The number of carbonyl (C=O) groups excluding carboxylic acids is 2. The van der Waals surface area contributed by atoms with Crippen LogP contribution in [-0.4, -0.2) is 24.9 Å². The van der Waals surface area contributed by atoms with E-state index in [1.165, 1.54) is 11.8 Å². The van der Waals surface area contributed by atoms with Crippen LogP contribution in [-0.2, 0) is 9.59 Å². The average Bonchev–Trinajstić information content (AvgIpc) is 2.74. The summed E-state index contributed by atoms with van der Waals surface area (Å²) in [5.74, 6) is 0.786. The molecule has 0 aromatic heterocycles. The van der Waals surface area contributed by atoms with Crippen LogP contribution in [0.1, 0.15) is 13.8 Å². The number of hydrogen-bond acceptors (Lipinski definition) is 3. The van der Waals surface area contributed by atoms with Crippen molar-refractivity contribution in [1.29, 1.82) is 0 Å². The number of ether oxygens (including phenoxy) is 1. The zero-order valence-corrected chi connectivity index (χ0v) is 16.6. The van der Waals surface area contributed by atoms with Gasteiger partial charge in [0.25, 0.3) is 0 Å². The minimum absolute atomic E-state index is 0.0762. The molecular weight excluding hydrogens is 364 g/mol. The summed E-state index contributed by atoms with van der Waals surface area (Å²) in [5, 5.41) is 0. The quantitative estimate of drug-likeness (QED) is 0.579. The zero-order chi connectivity index (χ0) is 20.6. The molecule has 0 aliphatic carbocycles. The molecule has 0 fully saturated rings. The van der Waals surface area contributed by atoms with E-state index < -0.39 is 0 Å². The third kappa shape index (κ3) is 5.02. The van der Waals surface area contributed by atoms with E-state index >= 15 is 0 Å². The molecule has 0 radical (unpaired) electrons. The molecule has 5 heteroatoms. The molecule has 0 bridgehead atoms. The van der Waals surface area contributed by atoms with Crippen molar-refractivity contribution >= 4 is 23.2 Å². The molecule has 0 unspecified atom stereocenters. The topological polar surface area (TPSA) is 49.9 Å². The monoisotopic (exact) mass is 388 g/mol. The number of amides is 2. The molecule has 0 N–H and O–H groups in total. The van der Waals surface area contributed by atoms with Crippen molar-refractivity contribution in [2.75, 3.05) is 22.9 Å². The van der Waals surface area contributed by atoms with Crippen molar-refractivity contribution < 1.29 is 14.3 Å². The van der Waals surface area contributed by atoms with E-state index in [0.717, 1.165) is 5.69 Å². The molecule has 0 saturated carbocycles. The summed E-state index contributed by atoms with van der Waals surface area (Å²) < 4.78 is 5.97. The fourth-order valence-corrected chi connectivity index (χ4v) is 3.08. The Morgan fingerprint density at radius 1 is 0.793 bits per heavy atom. The molecule has 3 aromatic carbocycles. The van der Waals surface area contributed by atoms with Gasteiger partial charge in [0.1, 0.15) is 12.3 Å². The molecule has 0 aliphatic rings. The van der Waals surface area contributed by atoms with Gasteiger partial charge in [-0.3, -0.25) is 14.5 Å². The summed E-state index contributed by atoms with van der Waals surface area (Å²) in [4.78, 5) is 28.6. The van der Waals surface area contributed by atoms with Crippen molar-refractivity contribution in [3.8, 4) is 11.5 Å². The summed E-state index contributed by atoms with van der Waals surface area (Å²) in [7, 11) is 0. The Kier molecular flexibility index (Phi) is 6.63. The summed E-state index contributed by atoms with van der Waals surface area (Å²) in [6, 6.07) is 26.0. The van der Waals surface area contributed by atoms with Gasteiger partial charge >= 0.3 is 0 Å². The number of rotatable bonds is 7. The van der Waals surface area contributed by atoms with E-state index in [1.807, 2.05) is 79.7 Å².